The Morgan fingerprint density at radius 1 is 0.963 bits per heavy atom. The zero-order valence-corrected chi connectivity index (χ0v) is 18.2. The van der Waals surface area contributed by atoms with Crippen molar-refractivity contribution in [1.82, 2.24) is 10.6 Å². The van der Waals surface area contributed by atoms with E-state index in [0.717, 1.165) is 45.4 Å². The van der Waals surface area contributed by atoms with Crippen LogP contribution in [0.15, 0.2) is 59.6 Å². The second-order valence-corrected chi connectivity index (χ2v) is 6.30. The molecule has 1 aliphatic heterocycles. The van der Waals surface area contributed by atoms with Crippen LogP contribution in [0.3, 0.4) is 0 Å². The Bertz CT molecular complexity index is 685. The number of nitrogens with one attached hydrogen (secondary N) is 2. The van der Waals surface area contributed by atoms with Crippen molar-refractivity contribution >= 4 is 35.6 Å². The molecule has 1 aliphatic rings. The van der Waals surface area contributed by atoms with Crippen LogP contribution in [0.4, 0.5) is 5.69 Å². The van der Waals surface area contributed by atoms with Crippen molar-refractivity contribution < 1.29 is 4.74 Å². The number of benzene rings is 2. The van der Waals surface area contributed by atoms with E-state index in [1.807, 2.05) is 18.2 Å². The zero-order valence-electron chi connectivity index (χ0n) is 15.9. The molecule has 6 heteroatoms. The average Bonchev–Trinajstić information content (AvgIpc) is 2.72. The van der Waals surface area contributed by atoms with E-state index in [2.05, 4.69) is 63.8 Å². The monoisotopic (exact) mass is 480 g/mol. The summed E-state index contributed by atoms with van der Waals surface area (Å²) in [6.45, 7) is 7.91. The van der Waals surface area contributed by atoms with Gasteiger partial charge in [0.15, 0.2) is 5.96 Å². The highest BCUT2D eigenvalue weighted by atomic mass is 127. The van der Waals surface area contributed by atoms with Crippen molar-refractivity contribution in [3.63, 3.8) is 0 Å². The molecule has 0 spiro atoms. The molecule has 0 aliphatic carbocycles. The van der Waals surface area contributed by atoms with Gasteiger partial charge in [-0.05, 0) is 30.2 Å². The van der Waals surface area contributed by atoms with Gasteiger partial charge in [0.05, 0.1) is 19.8 Å². The van der Waals surface area contributed by atoms with Gasteiger partial charge in [0.1, 0.15) is 0 Å². The minimum atomic E-state index is 0. The summed E-state index contributed by atoms with van der Waals surface area (Å²) in [6, 6.07) is 19.0. The molecule has 1 fully saturated rings. The van der Waals surface area contributed by atoms with Gasteiger partial charge in [-0.1, -0.05) is 42.5 Å². The smallest absolute Gasteiger partial charge is 0.191 e. The number of ether oxygens (including phenoxy) is 1. The third kappa shape index (κ3) is 7.03. The molecular weight excluding hydrogens is 451 g/mol. The summed E-state index contributed by atoms with van der Waals surface area (Å²) in [6.07, 6.45) is 0. The van der Waals surface area contributed by atoms with E-state index in [1.165, 1.54) is 16.8 Å². The molecule has 0 atom stereocenters. The fourth-order valence-corrected chi connectivity index (χ4v) is 2.93. The second-order valence-electron chi connectivity index (χ2n) is 6.30. The van der Waals surface area contributed by atoms with E-state index in [4.69, 9.17) is 4.74 Å². The Labute approximate surface area is 179 Å². The first-order valence-electron chi connectivity index (χ1n) is 9.33. The lowest BCUT2D eigenvalue weighted by molar-refractivity contribution is 0.122. The Kier molecular flexibility index (Phi) is 9.41. The summed E-state index contributed by atoms with van der Waals surface area (Å²) in [5, 5.41) is 6.71. The van der Waals surface area contributed by atoms with Crippen LogP contribution in [0.1, 0.15) is 18.1 Å². The predicted molar refractivity (Wildman–Crippen MR) is 123 cm³/mol. The predicted octanol–water partition coefficient (Wildman–Crippen LogP) is 3.40. The van der Waals surface area contributed by atoms with E-state index in [1.54, 1.807) is 0 Å². The number of anilines is 1. The summed E-state index contributed by atoms with van der Waals surface area (Å²) in [4.78, 5) is 7.03. The molecule has 2 N–H and O–H groups in total. The molecule has 0 radical (unpaired) electrons. The van der Waals surface area contributed by atoms with Crippen LogP contribution in [-0.4, -0.2) is 38.8 Å². The molecule has 0 bridgehead atoms. The third-order valence-corrected chi connectivity index (χ3v) is 4.38. The van der Waals surface area contributed by atoms with Crippen molar-refractivity contribution in [3.05, 3.63) is 65.7 Å². The van der Waals surface area contributed by atoms with Crippen molar-refractivity contribution in [1.29, 1.82) is 0 Å². The van der Waals surface area contributed by atoms with Crippen LogP contribution in [0.2, 0.25) is 0 Å². The normalized spacial score (nSPS) is 14.4. The fourth-order valence-electron chi connectivity index (χ4n) is 2.93. The van der Waals surface area contributed by atoms with Gasteiger partial charge in [-0.25, -0.2) is 4.99 Å². The van der Waals surface area contributed by atoms with Gasteiger partial charge < -0.3 is 20.3 Å². The molecular formula is C21H29IN4O. The Balaban J connectivity index is 0.00000261. The number of aliphatic imine (C=N–C) groups is 1. The number of guanidine groups is 1. The summed E-state index contributed by atoms with van der Waals surface area (Å²) in [7, 11) is 0. The summed E-state index contributed by atoms with van der Waals surface area (Å²) < 4.78 is 5.42. The first-order chi connectivity index (χ1) is 12.8. The minimum Gasteiger partial charge on any atom is -0.378 e. The summed E-state index contributed by atoms with van der Waals surface area (Å²) in [5.41, 5.74) is 3.72. The molecule has 0 aromatic heterocycles. The highest BCUT2D eigenvalue weighted by Gasteiger charge is 2.10. The van der Waals surface area contributed by atoms with E-state index < -0.39 is 0 Å². The van der Waals surface area contributed by atoms with Gasteiger partial charge in [-0.2, -0.15) is 0 Å². The highest BCUT2D eigenvalue weighted by Crippen LogP contribution is 2.16. The molecule has 1 saturated heterocycles. The molecule has 2 aromatic carbocycles. The lowest BCUT2D eigenvalue weighted by atomic mass is 10.2. The second kappa shape index (κ2) is 11.8. The summed E-state index contributed by atoms with van der Waals surface area (Å²) in [5.74, 6) is 0.841. The third-order valence-electron chi connectivity index (χ3n) is 4.38. The van der Waals surface area contributed by atoms with Gasteiger partial charge in [-0.15, -0.1) is 24.0 Å². The number of hydrogen-bond acceptors (Lipinski definition) is 3. The van der Waals surface area contributed by atoms with Gasteiger partial charge >= 0.3 is 0 Å². The molecule has 3 rings (SSSR count). The average molecular weight is 480 g/mol. The van der Waals surface area contributed by atoms with E-state index in [0.29, 0.717) is 6.54 Å². The molecule has 0 unspecified atom stereocenters. The fraction of sp³-hybridized carbons (Fsp3) is 0.381. The van der Waals surface area contributed by atoms with Crippen molar-refractivity contribution in [2.45, 2.75) is 20.0 Å². The molecule has 2 aromatic rings. The maximum atomic E-state index is 5.42. The van der Waals surface area contributed by atoms with Crippen LogP contribution in [0.5, 0.6) is 0 Å². The maximum absolute atomic E-state index is 5.42. The quantitative estimate of drug-likeness (QED) is 0.378. The van der Waals surface area contributed by atoms with Crippen LogP contribution in [0, 0.1) is 0 Å². The van der Waals surface area contributed by atoms with Crippen LogP contribution >= 0.6 is 24.0 Å². The molecule has 27 heavy (non-hydrogen) atoms. The van der Waals surface area contributed by atoms with Gasteiger partial charge in [0.25, 0.3) is 0 Å². The number of rotatable bonds is 6. The lowest BCUT2D eigenvalue weighted by Crippen LogP contribution is -2.37. The minimum absolute atomic E-state index is 0. The Morgan fingerprint density at radius 3 is 2.33 bits per heavy atom. The Morgan fingerprint density at radius 2 is 1.67 bits per heavy atom. The molecule has 1 heterocycles. The first-order valence-corrected chi connectivity index (χ1v) is 9.33. The molecule has 0 amide bonds. The first kappa shape index (κ1) is 21.5. The molecule has 146 valence electrons. The number of halogens is 1. The van der Waals surface area contributed by atoms with Gasteiger partial charge in [-0.3, -0.25) is 0 Å². The maximum Gasteiger partial charge on any atom is 0.191 e. The van der Waals surface area contributed by atoms with Crippen LogP contribution in [0.25, 0.3) is 0 Å². The topological polar surface area (TPSA) is 48.9 Å². The standard InChI is InChI=1S/C21H28N4O.HI/c1-2-22-21(23-16-18-6-4-3-5-7-18)24-17-19-8-10-20(11-9-19)25-12-14-26-15-13-25;/h3-11H,2,12-17H2,1H3,(H2,22,23,24);1H. The SMILES string of the molecule is CCNC(=NCc1ccccc1)NCc1ccc(N2CCOCC2)cc1.I. The highest BCUT2D eigenvalue weighted by molar-refractivity contribution is 14.0. The van der Waals surface area contributed by atoms with Crippen molar-refractivity contribution in [2.75, 3.05) is 37.7 Å². The lowest BCUT2D eigenvalue weighted by Gasteiger charge is -2.28. The summed E-state index contributed by atoms with van der Waals surface area (Å²) >= 11 is 0. The molecule has 5 nitrogen and oxygen atoms in total. The number of hydrogen-bond donors (Lipinski definition) is 2. The van der Waals surface area contributed by atoms with Gasteiger partial charge in [0.2, 0.25) is 0 Å². The largest absolute Gasteiger partial charge is 0.378 e. The number of nitrogens with zero attached hydrogens (tertiary/aromatic N) is 2. The Hall–Kier alpha value is -1.80. The van der Waals surface area contributed by atoms with E-state index >= 15 is 0 Å². The van der Waals surface area contributed by atoms with E-state index in [-0.39, 0.29) is 24.0 Å². The van der Waals surface area contributed by atoms with Crippen molar-refractivity contribution in [2.24, 2.45) is 4.99 Å². The van der Waals surface area contributed by atoms with Crippen LogP contribution < -0.4 is 15.5 Å². The van der Waals surface area contributed by atoms with Gasteiger partial charge in [0, 0.05) is 31.9 Å². The molecule has 0 saturated carbocycles. The number of morpholine rings is 1. The van der Waals surface area contributed by atoms with Crippen molar-refractivity contribution in [3.8, 4) is 0 Å². The van der Waals surface area contributed by atoms with E-state index in [9.17, 15) is 0 Å². The van der Waals surface area contributed by atoms with Crippen LogP contribution in [-0.2, 0) is 17.8 Å². The zero-order chi connectivity index (χ0) is 18.0.